The normalized spacial score (nSPS) is 10.6. The smallest absolute Gasteiger partial charge is 0.136 e. The third kappa shape index (κ3) is 2.20. The molecule has 2 N–H and O–H groups in total. The van der Waals surface area contributed by atoms with E-state index in [0.29, 0.717) is 22.7 Å². The summed E-state index contributed by atoms with van der Waals surface area (Å²) in [5.41, 5.74) is 7.17. The van der Waals surface area contributed by atoms with Gasteiger partial charge < -0.3 is 10.5 Å². The van der Waals surface area contributed by atoms with Crippen LogP contribution in [-0.4, -0.2) is 4.98 Å². The van der Waals surface area contributed by atoms with Crippen LogP contribution in [0.15, 0.2) is 54.7 Å². The first kappa shape index (κ1) is 11.5. The van der Waals surface area contributed by atoms with Crippen molar-refractivity contribution in [3.05, 3.63) is 60.5 Å². The third-order valence-electron chi connectivity index (χ3n) is 2.80. The fourth-order valence-corrected chi connectivity index (χ4v) is 1.89. The van der Waals surface area contributed by atoms with E-state index < -0.39 is 0 Å². The van der Waals surface area contributed by atoms with Crippen molar-refractivity contribution in [1.29, 1.82) is 0 Å². The number of ether oxygens (including phenoxy) is 1. The molecule has 2 aromatic carbocycles. The lowest BCUT2D eigenvalue weighted by molar-refractivity contribution is 0.486. The molecular weight excluding hydrogens is 243 g/mol. The number of rotatable bonds is 2. The Morgan fingerprint density at radius 1 is 1.00 bits per heavy atom. The molecule has 0 bridgehead atoms. The van der Waals surface area contributed by atoms with Crippen LogP contribution in [0, 0.1) is 5.82 Å². The first-order chi connectivity index (χ1) is 9.24. The molecule has 3 rings (SSSR count). The Bertz CT molecular complexity index is 726. The zero-order valence-electron chi connectivity index (χ0n) is 10.0. The van der Waals surface area contributed by atoms with Crippen molar-refractivity contribution in [2.45, 2.75) is 0 Å². The minimum Gasteiger partial charge on any atom is -0.457 e. The predicted molar refractivity (Wildman–Crippen MR) is 72.6 cm³/mol. The SMILES string of the molecule is Nc1ccc(Oc2ccc(F)cc2)c2cccnc12. The number of pyridine rings is 1. The number of nitrogens with two attached hydrogens (primary N) is 1. The largest absolute Gasteiger partial charge is 0.457 e. The van der Waals surface area contributed by atoms with E-state index in [4.69, 9.17) is 10.5 Å². The van der Waals surface area contributed by atoms with Gasteiger partial charge in [0.2, 0.25) is 0 Å². The van der Waals surface area contributed by atoms with Crippen molar-refractivity contribution in [2.24, 2.45) is 0 Å². The second-order valence-electron chi connectivity index (χ2n) is 4.11. The summed E-state index contributed by atoms with van der Waals surface area (Å²) in [4.78, 5) is 4.23. The first-order valence-corrected chi connectivity index (χ1v) is 5.81. The van der Waals surface area contributed by atoms with Crippen LogP contribution < -0.4 is 10.5 Å². The van der Waals surface area contributed by atoms with E-state index in [-0.39, 0.29) is 5.82 Å². The number of aromatic nitrogens is 1. The van der Waals surface area contributed by atoms with Crippen LogP contribution in [0.2, 0.25) is 0 Å². The number of nitrogens with zero attached hydrogens (tertiary/aromatic N) is 1. The van der Waals surface area contributed by atoms with Crippen molar-refractivity contribution in [2.75, 3.05) is 5.73 Å². The lowest BCUT2D eigenvalue weighted by Crippen LogP contribution is -1.92. The van der Waals surface area contributed by atoms with Crippen LogP contribution in [0.4, 0.5) is 10.1 Å². The molecule has 1 heterocycles. The second-order valence-corrected chi connectivity index (χ2v) is 4.11. The van der Waals surface area contributed by atoms with Gasteiger partial charge in [-0.25, -0.2) is 4.39 Å². The van der Waals surface area contributed by atoms with E-state index in [1.54, 1.807) is 30.5 Å². The molecule has 0 fully saturated rings. The molecule has 0 radical (unpaired) electrons. The van der Waals surface area contributed by atoms with Gasteiger partial charge in [0.1, 0.15) is 17.3 Å². The number of halogens is 1. The van der Waals surface area contributed by atoms with Crippen molar-refractivity contribution < 1.29 is 9.13 Å². The highest BCUT2D eigenvalue weighted by molar-refractivity contribution is 5.93. The number of fused-ring (bicyclic) bond motifs is 1. The van der Waals surface area contributed by atoms with E-state index >= 15 is 0 Å². The highest BCUT2D eigenvalue weighted by atomic mass is 19.1. The summed E-state index contributed by atoms with van der Waals surface area (Å²) in [6.45, 7) is 0. The molecule has 0 amide bonds. The van der Waals surface area contributed by atoms with Crippen LogP contribution in [0.5, 0.6) is 11.5 Å². The van der Waals surface area contributed by atoms with Gasteiger partial charge in [-0.05, 0) is 48.5 Å². The topological polar surface area (TPSA) is 48.1 Å². The van der Waals surface area contributed by atoms with Crippen LogP contribution >= 0.6 is 0 Å². The fraction of sp³-hybridized carbons (Fsp3) is 0. The summed E-state index contributed by atoms with van der Waals surface area (Å²) < 4.78 is 18.6. The van der Waals surface area contributed by atoms with Gasteiger partial charge >= 0.3 is 0 Å². The standard InChI is InChI=1S/C15H11FN2O/c16-10-3-5-11(6-4-10)19-14-8-7-13(17)15-12(14)2-1-9-18-15/h1-9H,17H2. The molecule has 0 aliphatic heterocycles. The maximum absolute atomic E-state index is 12.8. The Morgan fingerprint density at radius 3 is 2.58 bits per heavy atom. The maximum atomic E-state index is 12.8. The highest BCUT2D eigenvalue weighted by Crippen LogP contribution is 2.31. The molecule has 4 heteroatoms. The molecule has 3 aromatic rings. The van der Waals surface area contributed by atoms with Gasteiger partial charge in [-0.1, -0.05) is 0 Å². The summed E-state index contributed by atoms with van der Waals surface area (Å²) >= 11 is 0. The lowest BCUT2D eigenvalue weighted by atomic mass is 10.1. The van der Waals surface area contributed by atoms with E-state index in [0.717, 1.165) is 5.39 Å². The monoisotopic (exact) mass is 254 g/mol. The summed E-state index contributed by atoms with van der Waals surface area (Å²) in [5.74, 6) is 0.913. The molecule has 0 aliphatic carbocycles. The van der Waals surface area contributed by atoms with E-state index in [1.165, 1.54) is 12.1 Å². The number of hydrogen-bond donors (Lipinski definition) is 1. The molecule has 0 aliphatic rings. The van der Waals surface area contributed by atoms with Crippen LogP contribution in [-0.2, 0) is 0 Å². The Balaban J connectivity index is 2.06. The third-order valence-corrected chi connectivity index (χ3v) is 2.80. The number of nitrogen functional groups attached to an aromatic ring is 1. The van der Waals surface area contributed by atoms with Crippen LogP contribution in [0.3, 0.4) is 0 Å². The van der Waals surface area contributed by atoms with Crippen molar-refractivity contribution in [3.8, 4) is 11.5 Å². The zero-order chi connectivity index (χ0) is 13.2. The predicted octanol–water partition coefficient (Wildman–Crippen LogP) is 3.75. The van der Waals surface area contributed by atoms with Gasteiger partial charge in [0.25, 0.3) is 0 Å². The van der Waals surface area contributed by atoms with Crippen molar-refractivity contribution in [1.82, 2.24) is 4.98 Å². The van der Waals surface area contributed by atoms with Crippen LogP contribution in [0.1, 0.15) is 0 Å². The Hall–Kier alpha value is -2.62. The zero-order valence-corrected chi connectivity index (χ0v) is 10.0. The van der Waals surface area contributed by atoms with Gasteiger partial charge in [0.15, 0.2) is 0 Å². The first-order valence-electron chi connectivity index (χ1n) is 5.81. The molecule has 0 saturated heterocycles. The quantitative estimate of drug-likeness (QED) is 0.708. The average Bonchev–Trinajstić information content (AvgIpc) is 2.45. The summed E-state index contributed by atoms with van der Waals surface area (Å²) in [7, 11) is 0. The maximum Gasteiger partial charge on any atom is 0.136 e. The lowest BCUT2D eigenvalue weighted by Gasteiger charge is -2.09. The fourth-order valence-electron chi connectivity index (χ4n) is 1.89. The molecule has 1 aromatic heterocycles. The minimum atomic E-state index is -0.295. The van der Waals surface area contributed by atoms with Gasteiger partial charge in [-0.2, -0.15) is 0 Å². The summed E-state index contributed by atoms with van der Waals surface area (Å²) in [6, 6.07) is 13.1. The van der Waals surface area contributed by atoms with Crippen LogP contribution in [0.25, 0.3) is 10.9 Å². The Kier molecular flexibility index (Phi) is 2.76. The molecule has 0 unspecified atom stereocenters. The van der Waals surface area contributed by atoms with E-state index in [9.17, 15) is 4.39 Å². The van der Waals surface area contributed by atoms with Gasteiger partial charge in [0, 0.05) is 11.6 Å². The number of anilines is 1. The van der Waals surface area contributed by atoms with E-state index in [1.807, 2.05) is 12.1 Å². The summed E-state index contributed by atoms with van der Waals surface area (Å²) in [5, 5.41) is 0.826. The van der Waals surface area contributed by atoms with Crippen molar-refractivity contribution in [3.63, 3.8) is 0 Å². The highest BCUT2D eigenvalue weighted by Gasteiger charge is 2.06. The Labute approximate surface area is 109 Å². The Morgan fingerprint density at radius 2 is 1.79 bits per heavy atom. The average molecular weight is 254 g/mol. The number of benzene rings is 2. The summed E-state index contributed by atoms with van der Waals surface area (Å²) in [6.07, 6.45) is 1.68. The van der Waals surface area contributed by atoms with Gasteiger partial charge in [-0.15, -0.1) is 0 Å². The second kappa shape index (κ2) is 4.57. The molecule has 19 heavy (non-hydrogen) atoms. The minimum absolute atomic E-state index is 0.295. The van der Waals surface area contributed by atoms with Gasteiger partial charge in [0.05, 0.1) is 11.2 Å². The molecule has 94 valence electrons. The molecular formula is C15H11FN2O. The molecule has 3 nitrogen and oxygen atoms in total. The number of hydrogen-bond acceptors (Lipinski definition) is 3. The van der Waals surface area contributed by atoms with Crippen molar-refractivity contribution >= 4 is 16.6 Å². The van der Waals surface area contributed by atoms with Gasteiger partial charge in [-0.3, -0.25) is 4.98 Å². The molecule has 0 spiro atoms. The molecule has 0 atom stereocenters. The van der Waals surface area contributed by atoms with E-state index in [2.05, 4.69) is 4.98 Å². The molecule has 0 saturated carbocycles.